The van der Waals surface area contributed by atoms with Crippen molar-refractivity contribution < 1.29 is 9.53 Å². The smallest absolute Gasteiger partial charge is 0.280 e. The second-order valence-corrected chi connectivity index (χ2v) is 7.56. The van der Waals surface area contributed by atoms with E-state index >= 15 is 0 Å². The van der Waals surface area contributed by atoms with Gasteiger partial charge in [-0.15, -0.1) is 0 Å². The van der Waals surface area contributed by atoms with Gasteiger partial charge in [0.05, 0.1) is 23.5 Å². The summed E-state index contributed by atoms with van der Waals surface area (Å²) in [7, 11) is 1.61. The second kappa shape index (κ2) is 8.43. The molecule has 0 fully saturated rings. The van der Waals surface area contributed by atoms with Crippen LogP contribution in [0.2, 0.25) is 5.02 Å². The third kappa shape index (κ3) is 4.29. The number of nitrogens with zero attached hydrogens (tertiary/aromatic N) is 3. The number of amides is 1. The van der Waals surface area contributed by atoms with Crippen LogP contribution < -0.4 is 9.75 Å². The molecule has 1 aromatic heterocycles. The molecule has 0 aliphatic carbocycles. The highest BCUT2D eigenvalue weighted by molar-refractivity contribution is 7.22. The fourth-order valence-electron chi connectivity index (χ4n) is 2.71. The Balaban J connectivity index is 1.77. The van der Waals surface area contributed by atoms with Gasteiger partial charge in [0.15, 0.2) is 0 Å². The minimum absolute atomic E-state index is 0.314. The largest absolute Gasteiger partial charge is 0.497 e. The van der Waals surface area contributed by atoms with Gasteiger partial charge in [0.2, 0.25) is 5.13 Å². The van der Waals surface area contributed by atoms with E-state index in [0.29, 0.717) is 15.7 Å². The summed E-state index contributed by atoms with van der Waals surface area (Å²) < 4.78 is 6.18. The number of hydrazone groups is 1. The number of benzene rings is 3. The van der Waals surface area contributed by atoms with Crippen LogP contribution in [0.15, 0.2) is 77.9 Å². The summed E-state index contributed by atoms with van der Waals surface area (Å²) in [6.45, 7) is 0. The Morgan fingerprint density at radius 2 is 1.93 bits per heavy atom. The average molecular weight is 422 g/mol. The van der Waals surface area contributed by atoms with Gasteiger partial charge in [-0.25, -0.2) is 4.98 Å². The predicted octanol–water partition coefficient (Wildman–Crippen LogP) is 5.64. The number of methoxy groups -OCH3 is 1. The lowest BCUT2D eigenvalue weighted by molar-refractivity contribution is 0.0988. The minimum Gasteiger partial charge on any atom is -0.497 e. The van der Waals surface area contributed by atoms with E-state index in [1.807, 2.05) is 48.5 Å². The summed E-state index contributed by atoms with van der Waals surface area (Å²) in [5, 5.41) is 6.69. The van der Waals surface area contributed by atoms with Gasteiger partial charge in [0.1, 0.15) is 5.75 Å². The van der Waals surface area contributed by atoms with E-state index in [1.165, 1.54) is 16.3 Å². The molecule has 0 spiro atoms. The van der Waals surface area contributed by atoms with Crippen molar-refractivity contribution in [1.29, 1.82) is 0 Å². The van der Waals surface area contributed by atoms with Crippen LogP contribution in [0.25, 0.3) is 10.2 Å². The number of carbonyl (C=O) groups excluding carboxylic acids is 1. The topological polar surface area (TPSA) is 54.8 Å². The van der Waals surface area contributed by atoms with Crippen LogP contribution >= 0.6 is 22.9 Å². The monoisotopic (exact) mass is 421 g/mol. The molecule has 3 aromatic carbocycles. The Hall–Kier alpha value is -3.22. The number of hydrogen-bond donors (Lipinski definition) is 0. The highest BCUT2D eigenvalue weighted by Crippen LogP contribution is 2.32. The maximum Gasteiger partial charge on any atom is 0.280 e. The molecule has 7 heteroatoms. The number of halogens is 1. The Morgan fingerprint density at radius 3 is 2.69 bits per heavy atom. The number of carbonyl (C=O) groups is 1. The molecule has 4 aromatic rings. The first-order valence-corrected chi connectivity index (χ1v) is 9.97. The maximum atomic E-state index is 13.2. The van der Waals surface area contributed by atoms with Crippen molar-refractivity contribution in [2.24, 2.45) is 5.10 Å². The first-order valence-electron chi connectivity index (χ1n) is 8.78. The molecular weight excluding hydrogens is 406 g/mol. The maximum absolute atomic E-state index is 13.2. The van der Waals surface area contributed by atoms with E-state index in [2.05, 4.69) is 10.1 Å². The second-order valence-electron chi connectivity index (χ2n) is 6.11. The zero-order valence-corrected chi connectivity index (χ0v) is 17.0. The standard InChI is InChI=1S/C22H16ClN3O2S/c1-28-18-10-11-19-20(13-18)29-22(25-19)26(24-14-15-6-3-2-4-7-15)21(27)16-8-5-9-17(23)12-16/h2-14H,1H3/b24-14+. The number of ether oxygens (including phenoxy) is 1. The third-order valence-electron chi connectivity index (χ3n) is 4.15. The Bertz CT molecular complexity index is 1190. The van der Waals surface area contributed by atoms with Crippen LogP contribution in [0, 0.1) is 0 Å². The Kier molecular flexibility index (Phi) is 5.55. The summed E-state index contributed by atoms with van der Waals surface area (Å²) in [6.07, 6.45) is 1.63. The molecule has 0 atom stereocenters. The minimum atomic E-state index is -0.314. The van der Waals surface area contributed by atoms with Crippen LogP contribution in [0.4, 0.5) is 5.13 Å². The number of hydrogen-bond acceptors (Lipinski definition) is 5. The molecule has 0 saturated heterocycles. The van der Waals surface area contributed by atoms with Gasteiger partial charge < -0.3 is 4.74 Å². The van der Waals surface area contributed by atoms with Crippen LogP contribution in [-0.2, 0) is 0 Å². The lowest BCUT2D eigenvalue weighted by Gasteiger charge is -2.14. The first kappa shape index (κ1) is 19.1. The summed E-state index contributed by atoms with van der Waals surface area (Å²) in [4.78, 5) is 17.8. The van der Waals surface area contributed by atoms with Crippen molar-refractivity contribution in [2.45, 2.75) is 0 Å². The van der Waals surface area contributed by atoms with Gasteiger partial charge in [-0.2, -0.15) is 10.1 Å². The highest BCUT2D eigenvalue weighted by Gasteiger charge is 2.21. The number of thiazole rings is 1. The van der Waals surface area contributed by atoms with Crippen molar-refractivity contribution in [3.8, 4) is 5.75 Å². The molecule has 0 N–H and O–H groups in total. The van der Waals surface area contributed by atoms with Crippen molar-refractivity contribution in [2.75, 3.05) is 12.1 Å². The van der Waals surface area contributed by atoms with Crippen LogP contribution in [0.5, 0.6) is 5.75 Å². The van der Waals surface area contributed by atoms with Crippen LogP contribution in [0.3, 0.4) is 0 Å². The first-order chi connectivity index (χ1) is 14.1. The summed E-state index contributed by atoms with van der Waals surface area (Å²) in [6, 6.07) is 21.9. The van der Waals surface area contributed by atoms with Crippen LogP contribution in [0.1, 0.15) is 15.9 Å². The quantitative estimate of drug-likeness (QED) is 0.309. The lowest BCUT2D eigenvalue weighted by atomic mass is 10.2. The SMILES string of the molecule is COc1ccc2nc(N(/N=C/c3ccccc3)C(=O)c3cccc(Cl)c3)sc2c1. The average Bonchev–Trinajstić information content (AvgIpc) is 3.17. The van der Waals surface area contributed by atoms with Gasteiger partial charge in [0.25, 0.3) is 5.91 Å². The fraction of sp³-hybridized carbons (Fsp3) is 0.0455. The molecule has 29 heavy (non-hydrogen) atoms. The zero-order valence-electron chi connectivity index (χ0n) is 15.4. The van der Waals surface area contributed by atoms with E-state index in [1.54, 1.807) is 37.6 Å². The molecule has 4 rings (SSSR count). The van der Waals surface area contributed by atoms with Crippen molar-refractivity contribution in [1.82, 2.24) is 4.98 Å². The number of rotatable bonds is 5. The third-order valence-corrected chi connectivity index (χ3v) is 5.38. The molecule has 0 unspecified atom stereocenters. The van der Waals surface area contributed by atoms with Gasteiger partial charge in [-0.1, -0.05) is 59.3 Å². The van der Waals surface area contributed by atoms with Gasteiger partial charge in [-0.05, 0) is 42.0 Å². The van der Waals surface area contributed by atoms with Crippen molar-refractivity contribution in [3.05, 3.63) is 88.9 Å². The molecular formula is C22H16ClN3O2S. The summed E-state index contributed by atoms with van der Waals surface area (Å²) >= 11 is 7.44. The molecule has 1 heterocycles. The van der Waals surface area contributed by atoms with E-state index in [0.717, 1.165) is 21.5 Å². The molecule has 0 aliphatic heterocycles. The Morgan fingerprint density at radius 1 is 1.10 bits per heavy atom. The molecule has 0 radical (unpaired) electrons. The predicted molar refractivity (Wildman–Crippen MR) is 118 cm³/mol. The fourth-order valence-corrected chi connectivity index (χ4v) is 3.85. The summed E-state index contributed by atoms with van der Waals surface area (Å²) in [5.74, 6) is 0.416. The highest BCUT2D eigenvalue weighted by atomic mass is 35.5. The van der Waals surface area contributed by atoms with E-state index < -0.39 is 0 Å². The van der Waals surface area contributed by atoms with Crippen LogP contribution in [-0.4, -0.2) is 24.2 Å². The molecule has 144 valence electrons. The number of anilines is 1. The molecule has 0 saturated carbocycles. The van der Waals surface area contributed by atoms with Gasteiger partial charge >= 0.3 is 0 Å². The van der Waals surface area contributed by atoms with Gasteiger partial charge in [-0.3, -0.25) is 4.79 Å². The van der Waals surface area contributed by atoms with Crippen molar-refractivity contribution in [3.63, 3.8) is 0 Å². The van der Waals surface area contributed by atoms with Crippen molar-refractivity contribution >= 4 is 50.4 Å². The number of fused-ring (bicyclic) bond motifs is 1. The van der Waals surface area contributed by atoms with E-state index in [-0.39, 0.29) is 5.91 Å². The summed E-state index contributed by atoms with van der Waals surface area (Å²) in [5.41, 5.74) is 2.07. The zero-order chi connectivity index (χ0) is 20.2. The molecule has 5 nitrogen and oxygen atoms in total. The normalized spacial score (nSPS) is 11.1. The Labute approximate surface area is 176 Å². The molecule has 0 aliphatic rings. The molecule has 1 amide bonds. The lowest BCUT2D eigenvalue weighted by Crippen LogP contribution is -2.25. The van der Waals surface area contributed by atoms with E-state index in [9.17, 15) is 4.79 Å². The number of aromatic nitrogens is 1. The van der Waals surface area contributed by atoms with Gasteiger partial charge in [0, 0.05) is 10.6 Å². The van der Waals surface area contributed by atoms with E-state index in [4.69, 9.17) is 16.3 Å². The molecule has 0 bridgehead atoms.